The number of nitrogens with one attached hydrogen (secondary N) is 1. The maximum Gasteiger partial charge on any atom is 0.242 e. The molecule has 1 aromatic rings. The van der Waals surface area contributed by atoms with E-state index in [-0.39, 0.29) is 5.91 Å². The molecule has 0 bridgehead atoms. The molecule has 0 unspecified atom stereocenters. The minimum Gasteiger partial charge on any atom is -0.352 e. The van der Waals surface area contributed by atoms with E-state index in [9.17, 15) is 4.79 Å². The van der Waals surface area contributed by atoms with Gasteiger partial charge in [-0.05, 0) is 12.8 Å². The summed E-state index contributed by atoms with van der Waals surface area (Å²) >= 11 is 0. The zero-order valence-corrected chi connectivity index (χ0v) is 11.5. The highest BCUT2D eigenvalue weighted by molar-refractivity contribution is 5.75. The lowest BCUT2D eigenvalue weighted by Gasteiger charge is -2.11. The molecule has 1 heterocycles. The molecule has 0 aromatic carbocycles. The third kappa shape index (κ3) is 3.94. The fourth-order valence-electron chi connectivity index (χ4n) is 1.52. The van der Waals surface area contributed by atoms with Crippen molar-refractivity contribution in [3.63, 3.8) is 0 Å². The van der Waals surface area contributed by atoms with E-state index in [1.807, 2.05) is 13.8 Å². The number of anilines is 1. The van der Waals surface area contributed by atoms with Crippen molar-refractivity contribution in [3.05, 3.63) is 11.4 Å². The van der Waals surface area contributed by atoms with Crippen LogP contribution in [0, 0.1) is 0 Å². The molecule has 0 radical (unpaired) electrons. The summed E-state index contributed by atoms with van der Waals surface area (Å²) in [6, 6.07) is 0. The number of nitrogens with zero attached hydrogens (tertiary/aromatic N) is 4. The van der Waals surface area contributed by atoms with Crippen molar-refractivity contribution in [1.82, 2.24) is 20.1 Å². The fourth-order valence-corrected chi connectivity index (χ4v) is 1.52. The molecule has 1 rings (SSSR count). The zero-order valence-electron chi connectivity index (χ0n) is 11.5. The number of rotatable bonds is 6. The van der Waals surface area contributed by atoms with Gasteiger partial charge in [0.15, 0.2) is 0 Å². The quantitative estimate of drug-likeness (QED) is 0.813. The number of aryl methyl sites for hydroxylation is 2. The highest BCUT2D eigenvalue weighted by atomic mass is 16.2. The predicted molar refractivity (Wildman–Crippen MR) is 70.4 cm³/mol. The van der Waals surface area contributed by atoms with Crippen molar-refractivity contribution >= 4 is 11.9 Å². The van der Waals surface area contributed by atoms with Crippen molar-refractivity contribution in [2.75, 3.05) is 26.0 Å². The first-order valence-electron chi connectivity index (χ1n) is 6.25. The summed E-state index contributed by atoms with van der Waals surface area (Å²) in [5, 5.41) is 11.2. The second kappa shape index (κ2) is 6.88. The highest BCUT2D eigenvalue weighted by Gasteiger charge is 2.07. The smallest absolute Gasteiger partial charge is 0.242 e. The number of carbonyl (C=O) groups excluding carboxylic acids is 1. The van der Waals surface area contributed by atoms with Crippen LogP contribution < -0.4 is 5.32 Å². The summed E-state index contributed by atoms with van der Waals surface area (Å²) in [4.78, 5) is 17.3. The van der Waals surface area contributed by atoms with Crippen LogP contribution in [0.25, 0.3) is 0 Å². The van der Waals surface area contributed by atoms with Gasteiger partial charge in [-0.2, -0.15) is 5.10 Å². The molecule has 6 nitrogen and oxygen atoms in total. The molecule has 0 saturated carbocycles. The Morgan fingerprint density at radius 2 is 1.83 bits per heavy atom. The van der Waals surface area contributed by atoms with Gasteiger partial charge < -0.3 is 10.2 Å². The van der Waals surface area contributed by atoms with E-state index >= 15 is 0 Å². The van der Waals surface area contributed by atoms with Crippen LogP contribution in [0.1, 0.15) is 31.7 Å². The van der Waals surface area contributed by atoms with Gasteiger partial charge in [0.2, 0.25) is 11.9 Å². The summed E-state index contributed by atoms with van der Waals surface area (Å²) in [5.41, 5.74) is 1.90. The molecule has 6 heteroatoms. The maximum absolute atomic E-state index is 11.4. The van der Waals surface area contributed by atoms with Gasteiger partial charge in [0.05, 0.1) is 11.4 Å². The molecular weight excluding hydrogens is 230 g/mol. The molecule has 0 spiro atoms. The molecule has 1 N–H and O–H groups in total. The van der Waals surface area contributed by atoms with Gasteiger partial charge in [0, 0.05) is 27.1 Å². The Balaban J connectivity index is 2.55. The van der Waals surface area contributed by atoms with Crippen molar-refractivity contribution < 1.29 is 4.79 Å². The lowest BCUT2D eigenvalue weighted by Crippen LogP contribution is -2.24. The van der Waals surface area contributed by atoms with Gasteiger partial charge in [0.25, 0.3) is 0 Å². The SMILES string of the molecule is CCc1nnc(NCCC(=O)N(C)C)nc1CC. The van der Waals surface area contributed by atoms with Gasteiger partial charge >= 0.3 is 0 Å². The molecule has 0 saturated heterocycles. The topological polar surface area (TPSA) is 71.0 Å². The van der Waals surface area contributed by atoms with Crippen LogP contribution in [0.5, 0.6) is 0 Å². The first-order valence-corrected chi connectivity index (χ1v) is 6.25. The summed E-state index contributed by atoms with van der Waals surface area (Å²) < 4.78 is 0. The number of hydrogen-bond donors (Lipinski definition) is 1. The van der Waals surface area contributed by atoms with Crippen LogP contribution in [0.15, 0.2) is 0 Å². The van der Waals surface area contributed by atoms with Crippen LogP contribution in [-0.4, -0.2) is 46.6 Å². The Kier molecular flexibility index (Phi) is 5.48. The minimum absolute atomic E-state index is 0.0800. The molecule has 1 aromatic heterocycles. The fraction of sp³-hybridized carbons (Fsp3) is 0.667. The van der Waals surface area contributed by atoms with E-state index in [0.717, 1.165) is 24.2 Å². The third-order valence-electron chi connectivity index (χ3n) is 2.63. The van der Waals surface area contributed by atoms with Crippen LogP contribution >= 0.6 is 0 Å². The molecule has 0 aliphatic heterocycles. The van der Waals surface area contributed by atoms with E-state index in [4.69, 9.17) is 0 Å². The molecule has 18 heavy (non-hydrogen) atoms. The van der Waals surface area contributed by atoms with Gasteiger partial charge in [-0.15, -0.1) is 5.10 Å². The van der Waals surface area contributed by atoms with Gasteiger partial charge in [-0.3, -0.25) is 4.79 Å². The molecule has 0 fully saturated rings. The molecule has 100 valence electrons. The van der Waals surface area contributed by atoms with E-state index in [1.165, 1.54) is 0 Å². The Morgan fingerprint density at radius 1 is 1.17 bits per heavy atom. The van der Waals surface area contributed by atoms with E-state index < -0.39 is 0 Å². The van der Waals surface area contributed by atoms with Crippen LogP contribution in [-0.2, 0) is 17.6 Å². The average molecular weight is 251 g/mol. The van der Waals surface area contributed by atoms with Gasteiger partial charge in [-0.25, -0.2) is 4.98 Å². The Hall–Kier alpha value is -1.72. The predicted octanol–water partition coefficient (Wildman–Crippen LogP) is 0.887. The number of carbonyl (C=O) groups is 1. The van der Waals surface area contributed by atoms with Crippen LogP contribution in [0.2, 0.25) is 0 Å². The Morgan fingerprint density at radius 3 is 2.39 bits per heavy atom. The second-order valence-electron chi connectivity index (χ2n) is 4.20. The first-order chi connectivity index (χ1) is 8.58. The van der Waals surface area contributed by atoms with Crippen LogP contribution in [0.4, 0.5) is 5.95 Å². The van der Waals surface area contributed by atoms with Gasteiger partial charge in [-0.1, -0.05) is 13.8 Å². The van der Waals surface area contributed by atoms with E-state index in [2.05, 4.69) is 20.5 Å². The Bertz CT molecular complexity index is 405. The molecule has 0 atom stereocenters. The molecule has 0 aliphatic carbocycles. The molecule has 0 aliphatic rings. The summed E-state index contributed by atoms with van der Waals surface area (Å²) in [5.74, 6) is 0.576. The monoisotopic (exact) mass is 251 g/mol. The standard InChI is InChI=1S/C12H21N5O/c1-5-9-10(6-2)15-16-12(14-9)13-8-7-11(18)17(3)4/h5-8H2,1-4H3,(H,13,14,16). The second-order valence-corrected chi connectivity index (χ2v) is 4.20. The van der Waals surface area contributed by atoms with Gasteiger partial charge in [0.1, 0.15) is 0 Å². The van der Waals surface area contributed by atoms with E-state index in [1.54, 1.807) is 19.0 Å². The number of amides is 1. The zero-order chi connectivity index (χ0) is 13.5. The molecular formula is C12H21N5O. The van der Waals surface area contributed by atoms with Crippen molar-refractivity contribution in [1.29, 1.82) is 0 Å². The first kappa shape index (κ1) is 14.3. The largest absolute Gasteiger partial charge is 0.352 e. The number of hydrogen-bond acceptors (Lipinski definition) is 5. The maximum atomic E-state index is 11.4. The average Bonchev–Trinajstić information content (AvgIpc) is 2.38. The van der Waals surface area contributed by atoms with Crippen molar-refractivity contribution in [2.45, 2.75) is 33.1 Å². The minimum atomic E-state index is 0.0800. The normalized spacial score (nSPS) is 10.2. The summed E-state index contributed by atoms with van der Waals surface area (Å²) in [7, 11) is 3.48. The summed E-state index contributed by atoms with van der Waals surface area (Å²) in [6.07, 6.45) is 2.10. The lowest BCUT2D eigenvalue weighted by atomic mass is 10.2. The third-order valence-corrected chi connectivity index (χ3v) is 2.63. The highest BCUT2D eigenvalue weighted by Crippen LogP contribution is 2.06. The van der Waals surface area contributed by atoms with Crippen molar-refractivity contribution in [3.8, 4) is 0 Å². The number of aromatic nitrogens is 3. The molecule has 1 amide bonds. The summed E-state index contributed by atoms with van der Waals surface area (Å²) in [6.45, 7) is 4.60. The van der Waals surface area contributed by atoms with E-state index in [0.29, 0.717) is 18.9 Å². The van der Waals surface area contributed by atoms with Crippen LogP contribution in [0.3, 0.4) is 0 Å². The Labute approximate surface area is 108 Å². The van der Waals surface area contributed by atoms with Crippen molar-refractivity contribution in [2.24, 2.45) is 0 Å². The lowest BCUT2D eigenvalue weighted by molar-refractivity contribution is -0.128.